The summed E-state index contributed by atoms with van der Waals surface area (Å²) in [5, 5.41) is 6.36. The molecule has 6 rings (SSSR count). The number of anilines is 1. The number of rotatable bonds is 10. The molecule has 0 saturated heterocycles. The minimum absolute atomic E-state index is 0.0236. The standard InChI is InChI=1S/C45H44N2/c1-33(35-19-8-6-9-20-35)18-12-13-23-37(36-21-10-7-11-22-36)29-28-34(2)46-42-26-16-14-24-39(42)38-30-31-44-41(32-38)40-25-15-17-27-43(40)47(44)45(3,4)5/h6-12,14-32,34,46H,1,13H2,2-5H3/b18-12-,29-28-,37-23+. The lowest BCUT2D eigenvalue weighted by atomic mass is 10.00. The summed E-state index contributed by atoms with van der Waals surface area (Å²) in [6.07, 6.45) is 11.9. The zero-order valence-electron chi connectivity index (χ0n) is 27.9. The summed E-state index contributed by atoms with van der Waals surface area (Å²) in [5.41, 5.74) is 10.6. The van der Waals surface area contributed by atoms with Crippen molar-refractivity contribution in [3.63, 3.8) is 0 Å². The highest BCUT2D eigenvalue weighted by atomic mass is 15.0. The average molecular weight is 613 g/mol. The van der Waals surface area contributed by atoms with Crippen LogP contribution in [0.4, 0.5) is 5.69 Å². The highest BCUT2D eigenvalue weighted by Crippen LogP contribution is 2.38. The molecular formula is C45H44N2. The molecule has 6 aromatic rings. The van der Waals surface area contributed by atoms with E-state index >= 15 is 0 Å². The zero-order valence-corrected chi connectivity index (χ0v) is 27.9. The number of hydrogen-bond acceptors (Lipinski definition) is 1. The van der Waals surface area contributed by atoms with Gasteiger partial charge in [0.2, 0.25) is 0 Å². The minimum atomic E-state index is -0.0236. The second-order valence-corrected chi connectivity index (χ2v) is 13.1. The molecule has 0 radical (unpaired) electrons. The smallest absolute Gasteiger partial charge is 0.0496 e. The highest BCUT2D eigenvalue weighted by molar-refractivity contribution is 6.09. The van der Waals surface area contributed by atoms with Gasteiger partial charge in [0, 0.05) is 44.6 Å². The van der Waals surface area contributed by atoms with Gasteiger partial charge in [-0.3, -0.25) is 0 Å². The lowest BCUT2D eigenvalue weighted by molar-refractivity contribution is 0.423. The molecule has 1 atom stereocenters. The molecule has 0 bridgehead atoms. The molecule has 5 aromatic carbocycles. The summed E-state index contributed by atoms with van der Waals surface area (Å²) < 4.78 is 2.46. The van der Waals surface area contributed by atoms with Gasteiger partial charge in [0.15, 0.2) is 0 Å². The number of hydrogen-bond donors (Lipinski definition) is 1. The Morgan fingerprint density at radius 2 is 1.36 bits per heavy atom. The number of benzene rings is 5. The number of aromatic nitrogens is 1. The van der Waals surface area contributed by atoms with Crippen LogP contribution < -0.4 is 5.32 Å². The van der Waals surface area contributed by atoms with E-state index in [0.717, 1.165) is 23.2 Å². The molecule has 1 unspecified atom stereocenters. The van der Waals surface area contributed by atoms with Gasteiger partial charge in [-0.15, -0.1) is 0 Å². The van der Waals surface area contributed by atoms with Crippen molar-refractivity contribution in [1.82, 2.24) is 4.57 Å². The van der Waals surface area contributed by atoms with Gasteiger partial charge in [-0.25, -0.2) is 0 Å². The molecule has 0 spiro atoms. The summed E-state index contributed by atoms with van der Waals surface area (Å²) in [6.45, 7) is 13.3. The fourth-order valence-corrected chi connectivity index (χ4v) is 6.33. The van der Waals surface area contributed by atoms with E-state index in [1.54, 1.807) is 0 Å². The summed E-state index contributed by atoms with van der Waals surface area (Å²) >= 11 is 0. The van der Waals surface area contributed by atoms with E-state index in [-0.39, 0.29) is 11.6 Å². The topological polar surface area (TPSA) is 17.0 Å². The van der Waals surface area contributed by atoms with Crippen LogP contribution in [-0.2, 0) is 5.54 Å². The Labute approximate surface area is 280 Å². The molecule has 2 nitrogen and oxygen atoms in total. The lowest BCUT2D eigenvalue weighted by Crippen LogP contribution is -2.21. The van der Waals surface area contributed by atoms with Crippen molar-refractivity contribution >= 4 is 38.6 Å². The van der Waals surface area contributed by atoms with Gasteiger partial charge in [-0.2, -0.15) is 0 Å². The van der Waals surface area contributed by atoms with Gasteiger partial charge in [-0.05, 0) is 86.2 Å². The Hall–Kier alpha value is -5.34. The maximum Gasteiger partial charge on any atom is 0.0496 e. The molecular weight excluding hydrogens is 569 g/mol. The number of nitrogens with zero attached hydrogens (tertiary/aromatic N) is 1. The summed E-state index contributed by atoms with van der Waals surface area (Å²) in [5.74, 6) is 0. The zero-order chi connectivity index (χ0) is 32.8. The Bertz CT molecular complexity index is 2080. The number of para-hydroxylation sites is 2. The third-order valence-electron chi connectivity index (χ3n) is 8.57. The first-order valence-corrected chi connectivity index (χ1v) is 16.5. The van der Waals surface area contributed by atoms with Crippen molar-refractivity contribution < 1.29 is 0 Å². The number of allylic oxidation sites excluding steroid dienone is 6. The first-order valence-electron chi connectivity index (χ1n) is 16.5. The van der Waals surface area contributed by atoms with Crippen LogP contribution in [-0.4, -0.2) is 10.6 Å². The Morgan fingerprint density at radius 1 is 0.723 bits per heavy atom. The van der Waals surface area contributed by atoms with Crippen molar-refractivity contribution in [3.05, 3.63) is 175 Å². The summed E-state index contributed by atoms with van der Waals surface area (Å²) in [6, 6.07) is 45.3. The van der Waals surface area contributed by atoms with Crippen molar-refractivity contribution in [1.29, 1.82) is 0 Å². The van der Waals surface area contributed by atoms with Crippen LogP contribution in [0.5, 0.6) is 0 Å². The molecule has 0 aliphatic carbocycles. The van der Waals surface area contributed by atoms with E-state index in [2.05, 4.69) is 184 Å². The second-order valence-electron chi connectivity index (χ2n) is 13.1. The molecule has 0 amide bonds. The molecule has 0 fully saturated rings. The SMILES string of the molecule is C=C(/C=C\C/C=C(\C=C/C(C)Nc1ccccc1-c1ccc2c(c1)c1ccccc1n2C(C)(C)C)c1ccccc1)c1ccccc1. The van der Waals surface area contributed by atoms with E-state index in [9.17, 15) is 0 Å². The van der Waals surface area contributed by atoms with Crippen LogP contribution in [0.1, 0.15) is 45.2 Å². The normalized spacial score (nSPS) is 13.1. The molecule has 0 aliphatic rings. The maximum absolute atomic E-state index is 4.24. The van der Waals surface area contributed by atoms with Crippen molar-refractivity contribution in [3.8, 4) is 11.1 Å². The summed E-state index contributed by atoms with van der Waals surface area (Å²) in [7, 11) is 0. The number of fused-ring (bicyclic) bond motifs is 3. The Balaban J connectivity index is 1.24. The predicted octanol–water partition coefficient (Wildman–Crippen LogP) is 12.3. The van der Waals surface area contributed by atoms with Gasteiger partial charge in [-0.1, -0.05) is 140 Å². The maximum atomic E-state index is 4.24. The molecule has 1 aromatic heterocycles. The molecule has 1 heterocycles. The Kier molecular flexibility index (Phi) is 9.40. The summed E-state index contributed by atoms with van der Waals surface area (Å²) in [4.78, 5) is 0. The van der Waals surface area contributed by atoms with Gasteiger partial charge in [0.25, 0.3) is 0 Å². The molecule has 1 N–H and O–H groups in total. The molecule has 2 heteroatoms. The second kappa shape index (κ2) is 14.0. The first-order chi connectivity index (χ1) is 22.8. The van der Waals surface area contributed by atoms with Gasteiger partial charge in [0.1, 0.15) is 0 Å². The van der Waals surface area contributed by atoms with E-state index < -0.39 is 0 Å². The predicted molar refractivity (Wildman–Crippen MR) is 206 cm³/mol. The third-order valence-corrected chi connectivity index (χ3v) is 8.57. The lowest BCUT2D eigenvalue weighted by Gasteiger charge is -2.24. The van der Waals surface area contributed by atoms with Gasteiger partial charge >= 0.3 is 0 Å². The average Bonchev–Trinajstić information content (AvgIpc) is 3.43. The van der Waals surface area contributed by atoms with Crippen LogP contribution in [0, 0.1) is 0 Å². The Morgan fingerprint density at radius 3 is 2.11 bits per heavy atom. The van der Waals surface area contributed by atoms with Crippen LogP contribution in [0.15, 0.2) is 164 Å². The molecule has 47 heavy (non-hydrogen) atoms. The monoisotopic (exact) mass is 612 g/mol. The largest absolute Gasteiger partial charge is 0.379 e. The van der Waals surface area contributed by atoms with Gasteiger partial charge in [0.05, 0.1) is 0 Å². The van der Waals surface area contributed by atoms with E-state index in [1.807, 2.05) is 18.2 Å². The fourth-order valence-electron chi connectivity index (χ4n) is 6.33. The third kappa shape index (κ3) is 7.23. The van der Waals surface area contributed by atoms with E-state index in [0.29, 0.717) is 0 Å². The van der Waals surface area contributed by atoms with Crippen molar-refractivity contribution in [2.75, 3.05) is 5.32 Å². The van der Waals surface area contributed by atoms with Gasteiger partial charge < -0.3 is 9.88 Å². The minimum Gasteiger partial charge on any atom is -0.379 e. The van der Waals surface area contributed by atoms with Crippen LogP contribution in [0.3, 0.4) is 0 Å². The van der Waals surface area contributed by atoms with Crippen molar-refractivity contribution in [2.45, 2.75) is 45.7 Å². The fraction of sp³-hybridized carbons (Fsp3) is 0.156. The molecule has 234 valence electrons. The van der Waals surface area contributed by atoms with Crippen molar-refractivity contribution in [2.24, 2.45) is 0 Å². The molecule has 0 saturated carbocycles. The van der Waals surface area contributed by atoms with E-state index in [4.69, 9.17) is 0 Å². The van der Waals surface area contributed by atoms with E-state index in [1.165, 1.54) is 44.1 Å². The van der Waals surface area contributed by atoms with Crippen LogP contribution in [0.2, 0.25) is 0 Å². The first kappa shape index (κ1) is 31.6. The number of nitrogens with one attached hydrogen (secondary N) is 1. The van der Waals surface area contributed by atoms with Crippen LogP contribution in [0.25, 0.3) is 44.1 Å². The quantitative estimate of drug-likeness (QED) is 0.152. The highest BCUT2D eigenvalue weighted by Gasteiger charge is 2.21. The molecule has 0 aliphatic heterocycles. The van der Waals surface area contributed by atoms with Crippen LogP contribution >= 0.6 is 0 Å².